The summed E-state index contributed by atoms with van der Waals surface area (Å²) in [5.74, 6) is 1.25. The second-order valence-electron chi connectivity index (χ2n) is 8.05. The maximum atomic E-state index is 13.1. The molecule has 0 N–H and O–H groups in total. The third-order valence-electron chi connectivity index (χ3n) is 6.28. The van der Waals surface area contributed by atoms with Gasteiger partial charge in [0.15, 0.2) is 0 Å². The molecule has 2 saturated heterocycles. The summed E-state index contributed by atoms with van der Waals surface area (Å²) in [5.41, 5.74) is 2.56. The Kier molecular flexibility index (Phi) is 4.98. The van der Waals surface area contributed by atoms with Crippen molar-refractivity contribution in [3.05, 3.63) is 42.4 Å². The van der Waals surface area contributed by atoms with Gasteiger partial charge in [0, 0.05) is 50.9 Å². The molecule has 1 amide bonds. The van der Waals surface area contributed by atoms with E-state index >= 15 is 0 Å². The van der Waals surface area contributed by atoms with Crippen LogP contribution in [0.1, 0.15) is 18.5 Å². The van der Waals surface area contributed by atoms with E-state index in [-0.39, 0.29) is 5.92 Å². The molecule has 0 unspecified atom stereocenters. The van der Waals surface area contributed by atoms with Crippen molar-refractivity contribution in [3.63, 3.8) is 0 Å². The normalized spacial score (nSPS) is 18.2. The first-order valence-electron chi connectivity index (χ1n) is 10.6. The molecule has 156 valence electrons. The summed E-state index contributed by atoms with van der Waals surface area (Å²) < 4.78 is 5.27. The van der Waals surface area contributed by atoms with Gasteiger partial charge in [0.25, 0.3) is 5.71 Å². The van der Waals surface area contributed by atoms with Crippen LogP contribution in [0.5, 0.6) is 0 Å². The number of carbonyl (C=O) groups is 1. The van der Waals surface area contributed by atoms with Crippen molar-refractivity contribution in [2.24, 2.45) is 5.92 Å². The van der Waals surface area contributed by atoms with E-state index < -0.39 is 0 Å². The smallest absolute Gasteiger partial charge is 0.263 e. The topological polar surface area (TPSA) is 78.6 Å². The first-order chi connectivity index (χ1) is 14.7. The van der Waals surface area contributed by atoms with Gasteiger partial charge in [0.1, 0.15) is 17.5 Å². The summed E-state index contributed by atoms with van der Waals surface area (Å²) in [6.45, 7) is 6.87. The van der Waals surface area contributed by atoms with Crippen LogP contribution in [-0.2, 0) is 4.79 Å². The van der Waals surface area contributed by atoms with Gasteiger partial charge in [0.05, 0.1) is 5.69 Å². The monoisotopic (exact) mass is 406 g/mol. The van der Waals surface area contributed by atoms with Crippen LogP contribution in [0, 0.1) is 12.8 Å². The minimum atomic E-state index is 0.0884. The number of aromatic nitrogens is 3. The molecule has 0 atom stereocenters. The second-order valence-corrected chi connectivity index (χ2v) is 8.05. The van der Waals surface area contributed by atoms with Crippen LogP contribution in [0.3, 0.4) is 0 Å². The highest BCUT2D eigenvalue weighted by molar-refractivity contribution is 5.88. The molecule has 0 spiro atoms. The van der Waals surface area contributed by atoms with Gasteiger partial charge >= 0.3 is 0 Å². The van der Waals surface area contributed by atoms with Gasteiger partial charge in [-0.1, -0.05) is 23.4 Å². The molecule has 4 heterocycles. The van der Waals surface area contributed by atoms with Gasteiger partial charge in [-0.15, -0.1) is 0 Å². The lowest BCUT2D eigenvalue weighted by Crippen LogP contribution is -2.51. The van der Waals surface area contributed by atoms with E-state index in [1.807, 2.05) is 17.9 Å². The van der Waals surface area contributed by atoms with Crippen molar-refractivity contribution in [3.8, 4) is 0 Å². The maximum absolute atomic E-state index is 13.1. The van der Waals surface area contributed by atoms with Crippen molar-refractivity contribution in [2.75, 3.05) is 49.1 Å². The molecule has 0 aliphatic carbocycles. The average Bonchev–Trinajstić information content (AvgIpc) is 3.20. The summed E-state index contributed by atoms with van der Waals surface area (Å²) in [6, 6.07) is 10.4. The van der Waals surface area contributed by atoms with Gasteiger partial charge in [-0.3, -0.25) is 4.79 Å². The third kappa shape index (κ3) is 3.46. The SMILES string of the molecule is Cc1noc2ncnc(N3CCC(C(=O)N4CCN(c5ccccc5)CC4)CC3)c12. The Balaban J connectivity index is 1.19. The van der Waals surface area contributed by atoms with Crippen molar-refractivity contribution in [2.45, 2.75) is 19.8 Å². The number of carbonyl (C=O) groups excluding carboxylic acids is 1. The Morgan fingerprint density at radius 3 is 2.43 bits per heavy atom. The predicted octanol–water partition coefficient (Wildman–Crippen LogP) is 2.49. The van der Waals surface area contributed by atoms with Crippen LogP contribution in [0.15, 0.2) is 41.2 Å². The molecule has 2 aliphatic heterocycles. The van der Waals surface area contributed by atoms with Crippen molar-refractivity contribution < 1.29 is 9.32 Å². The molecule has 30 heavy (non-hydrogen) atoms. The molecular weight excluding hydrogens is 380 g/mol. The Hall–Kier alpha value is -3.16. The van der Waals surface area contributed by atoms with Gasteiger partial charge in [-0.05, 0) is 31.9 Å². The van der Waals surface area contributed by atoms with E-state index in [4.69, 9.17) is 4.52 Å². The summed E-state index contributed by atoms with van der Waals surface area (Å²) in [6.07, 6.45) is 3.20. The number of amides is 1. The van der Waals surface area contributed by atoms with E-state index in [0.29, 0.717) is 11.6 Å². The Morgan fingerprint density at radius 1 is 0.967 bits per heavy atom. The molecule has 2 aliphatic rings. The lowest BCUT2D eigenvalue weighted by atomic mass is 9.94. The van der Waals surface area contributed by atoms with Crippen molar-refractivity contribution in [1.82, 2.24) is 20.0 Å². The quantitative estimate of drug-likeness (QED) is 0.661. The summed E-state index contributed by atoms with van der Waals surface area (Å²) in [5, 5.41) is 4.89. The van der Waals surface area contributed by atoms with Gasteiger partial charge < -0.3 is 19.2 Å². The fraction of sp³-hybridized carbons (Fsp3) is 0.455. The number of rotatable bonds is 3. The molecule has 3 aromatic rings. The molecule has 0 bridgehead atoms. The van der Waals surface area contributed by atoms with Crippen LogP contribution >= 0.6 is 0 Å². The minimum absolute atomic E-state index is 0.0884. The number of nitrogens with zero attached hydrogens (tertiary/aromatic N) is 6. The first-order valence-corrected chi connectivity index (χ1v) is 10.6. The van der Waals surface area contributed by atoms with E-state index in [9.17, 15) is 4.79 Å². The highest BCUT2D eigenvalue weighted by Crippen LogP contribution is 2.30. The van der Waals surface area contributed by atoms with Crippen LogP contribution in [0.2, 0.25) is 0 Å². The van der Waals surface area contributed by atoms with Crippen molar-refractivity contribution in [1.29, 1.82) is 0 Å². The minimum Gasteiger partial charge on any atom is -0.368 e. The van der Waals surface area contributed by atoms with Crippen molar-refractivity contribution >= 4 is 28.5 Å². The van der Waals surface area contributed by atoms with E-state index in [1.165, 1.54) is 12.0 Å². The fourth-order valence-corrected chi connectivity index (χ4v) is 4.56. The molecule has 8 heteroatoms. The lowest BCUT2D eigenvalue weighted by molar-refractivity contribution is -0.136. The highest BCUT2D eigenvalue weighted by atomic mass is 16.5. The number of piperidine rings is 1. The van der Waals surface area contributed by atoms with Gasteiger partial charge in [0.2, 0.25) is 5.91 Å². The molecule has 5 rings (SSSR count). The maximum Gasteiger partial charge on any atom is 0.263 e. The van der Waals surface area contributed by atoms with E-state index in [0.717, 1.165) is 69.0 Å². The Morgan fingerprint density at radius 2 is 1.70 bits per heavy atom. The molecule has 1 aromatic carbocycles. The van der Waals surface area contributed by atoms with Crippen LogP contribution in [0.25, 0.3) is 11.1 Å². The number of para-hydroxylation sites is 1. The van der Waals surface area contributed by atoms with Crippen LogP contribution < -0.4 is 9.80 Å². The van der Waals surface area contributed by atoms with E-state index in [1.54, 1.807) is 0 Å². The zero-order chi connectivity index (χ0) is 20.5. The molecule has 2 aromatic heterocycles. The number of fused-ring (bicyclic) bond motifs is 1. The Bertz CT molecular complexity index is 1020. The third-order valence-corrected chi connectivity index (χ3v) is 6.28. The zero-order valence-corrected chi connectivity index (χ0v) is 17.2. The number of benzene rings is 1. The number of aryl methyl sites for hydroxylation is 1. The van der Waals surface area contributed by atoms with Gasteiger partial charge in [-0.25, -0.2) is 4.98 Å². The molecular formula is C22H26N6O2. The first kappa shape index (κ1) is 18.8. The molecule has 0 radical (unpaired) electrons. The predicted molar refractivity (Wildman–Crippen MR) is 115 cm³/mol. The number of anilines is 2. The average molecular weight is 406 g/mol. The summed E-state index contributed by atoms with van der Waals surface area (Å²) in [4.78, 5) is 28.4. The van der Waals surface area contributed by atoms with Gasteiger partial charge in [-0.2, -0.15) is 4.98 Å². The standard InChI is InChI=1S/C22H26N6O2/c1-16-19-20(23-15-24-21(19)30-25-16)27-9-7-17(8-10-27)22(29)28-13-11-26(12-14-28)18-5-3-2-4-6-18/h2-6,15,17H,7-14H2,1H3. The summed E-state index contributed by atoms with van der Waals surface area (Å²) in [7, 11) is 0. The van der Waals surface area contributed by atoms with Crippen LogP contribution in [-0.4, -0.2) is 65.2 Å². The highest BCUT2D eigenvalue weighted by Gasteiger charge is 2.31. The molecule has 0 saturated carbocycles. The lowest BCUT2D eigenvalue weighted by Gasteiger charge is -2.39. The Labute approximate surface area is 175 Å². The van der Waals surface area contributed by atoms with E-state index in [2.05, 4.69) is 49.2 Å². The zero-order valence-electron chi connectivity index (χ0n) is 17.2. The van der Waals surface area contributed by atoms with Crippen LogP contribution in [0.4, 0.5) is 11.5 Å². The molecule has 2 fully saturated rings. The number of hydrogen-bond donors (Lipinski definition) is 0. The largest absolute Gasteiger partial charge is 0.368 e. The molecule has 8 nitrogen and oxygen atoms in total. The number of piperazine rings is 1. The number of hydrogen-bond acceptors (Lipinski definition) is 7. The summed E-state index contributed by atoms with van der Waals surface area (Å²) >= 11 is 0. The second kappa shape index (κ2) is 7.93. The fourth-order valence-electron chi connectivity index (χ4n) is 4.56.